The number of halogens is 3. The first-order valence-electron chi connectivity index (χ1n) is 9.97. The number of hydrogen-bond acceptors (Lipinski definition) is 4. The zero-order valence-corrected chi connectivity index (χ0v) is 17.8. The highest BCUT2D eigenvalue weighted by Crippen LogP contribution is 2.33. The molecule has 3 rings (SSSR count). The fourth-order valence-electron chi connectivity index (χ4n) is 3.24. The molecule has 0 radical (unpaired) electrons. The number of nitrogens with zero attached hydrogens (tertiary/aromatic N) is 1. The predicted molar refractivity (Wildman–Crippen MR) is 112 cm³/mol. The number of aryl methyl sites for hydroxylation is 1. The van der Waals surface area contributed by atoms with E-state index in [9.17, 15) is 18.0 Å². The molecule has 2 aromatic rings. The predicted octanol–water partition coefficient (Wildman–Crippen LogP) is 6.03. The second-order valence-corrected chi connectivity index (χ2v) is 8.32. The molecule has 1 aromatic heterocycles. The third-order valence-corrected chi connectivity index (χ3v) is 5.95. The summed E-state index contributed by atoms with van der Waals surface area (Å²) >= 11 is 1.49. The molecule has 164 valence electrons. The van der Waals surface area contributed by atoms with Crippen LogP contribution in [0.4, 0.5) is 13.2 Å². The number of allylic oxidation sites excluding steroid dienone is 2. The van der Waals surface area contributed by atoms with Gasteiger partial charge < -0.3 is 9.84 Å². The third-order valence-electron chi connectivity index (χ3n) is 4.74. The Morgan fingerprint density at radius 3 is 2.68 bits per heavy atom. The van der Waals surface area contributed by atoms with Crippen LogP contribution in [0.25, 0.3) is 10.6 Å². The van der Waals surface area contributed by atoms with Crippen molar-refractivity contribution in [1.82, 2.24) is 4.98 Å². The van der Waals surface area contributed by atoms with Crippen LogP contribution in [-0.2, 0) is 28.5 Å². The van der Waals surface area contributed by atoms with Gasteiger partial charge in [0.1, 0.15) is 10.8 Å². The van der Waals surface area contributed by atoms with Gasteiger partial charge in [-0.1, -0.05) is 31.2 Å². The Hall–Kier alpha value is -2.79. The number of carboxylic acids is 1. The van der Waals surface area contributed by atoms with E-state index in [0.29, 0.717) is 35.8 Å². The summed E-state index contributed by atoms with van der Waals surface area (Å²) in [5, 5.41) is 9.62. The molecule has 1 aliphatic carbocycles. The van der Waals surface area contributed by atoms with E-state index in [1.807, 2.05) is 0 Å². The lowest BCUT2D eigenvalue weighted by molar-refractivity contribution is -0.138. The number of rotatable bonds is 9. The molecule has 1 atom stereocenters. The van der Waals surface area contributed by atoms with Crippen LogP contribution < -0.4 is 0 Å². The average Bonchev–Trinajstić information content (AvgIpc) is 3.10. The molecular weight excluding hydrogens is 427 g/mol. The summed E-state index contributed by atoms with van der Waals surface area (Å²) in [5.41, 5.74) is 6.55. The molecule has 8 heteroatoms. The lowest BCUT2D eigenvalue weighted by atomic mass is 9.98. The van der Waals surface area contributed by atoms with Gasteiger partial charge in [0.25, 0.3) is 0 Å². The Morgan fingerprint density at radius 2 is 2.03 bits per heavy atom. The van der Waals surface area contributed by atoms with Crippen molar-refractivity contribution in [2.24, 2.45) is 5.92 Å². The molecule has 0 fully saturated rings. The van der Waals surface area contributed by atoms with Crippen LogP contribution in [0.5, 0.6) is 0 Å². The van der Waals surface area contributed by atoms with Gasteiger partial charge >= 0.3 is 12.1 Å². The Bertz CT molecular complexity index is 1030. The lowest BCUT2D eigenvalue weighted by Gasteiger charge is -2.14. The quantitative estimate of drug-likeness (QED) is 0.475. The minimum Gasteiger partial charge on any atom is -0.489 e. The van der Waals surface area contributed by atoms with Crippen molar-refractivity contribution in [3.63, 3.8) is 0 Å². The van der Waals surface area contributed by atoms with E-state index in [1.54, 1.807) is 6.08 Å². The Morgan fingerprint density at radius 1 is 1.29 bits per heavy atom. The highest BCUT2D eigenvalue weighted by atomic mass is 32.1. The van der Waals surface area contributed by atoms with Gasteiger partial charge in [0, 0.05) is 29.2 Å². The Labute approximate surface area is 182 Å². The normalized spacial score (nSPS) is 15.7. The summed E-state index contributed by atoms with van der Waals surface area (Å²) in [6.07, 6.45) is 0.123. The van der Waals surface area contributed by atoms with Crippen LogP contribution in [0.15, 0.2) is 47.6 Å². The number of benzene rings is 1. The first-order chi connectivity index (χ1) is 14.8. The average molecular weight is 449 g/mol. The number of carboxylic acid groups (broad SMARTS) is 1. The van der Waals surface area contributed by atoms with Crippen LogP contribution in [0, 0.1) is 5.92 Å². The molecule has 0 bridgehead atoms. The fraction of sp³-hybridized carbons (Fsp3) is 0.391. The maximum atomic E-state index is 12.8. The number of carbonyl (C=O) groups is 1. The topological polar surface area (TPSA) is 59.4 Å². The highest BCUT2D eigenvalue weighted by Gasteiger charge is 2.30. The van der Waals surface area contributed by atoms with Crippen LogP contribution in [0.1, 0.15) is 42.3 Å². The van der Waals surface area contributed by atoms with Crippen LogP contribution in [0.3, 0.4) is 0 Å². The SMILES string of the molecule is CCCc1sc(-c2ccc(C(F)(F)F)cc2)nc1CCOC1=C=C=CC(CC(=O)O)C1. The van der Waals surface area contributed by atoms with Crippen molar-refractivity contribution < 1.29 is 27.8 Å². The van der Waals surface area contributed by atoms with Crippen molar-refractivity contribution in [2.75, 3.05) is 6.61 Å². The van der Waals surface area contributed by atoms with Gasteiger partial charge in [0.2, 0.25) is 0 Å². The maximum Gasteiger partial charge on any atom is 0.416 e. The van der Waals surface area contributed by atoms with E-state index in [0.717, 1.165) is 35.5 Å². The van der Waals surface area contributed by atoms with Gasteiger partial charge in [-0.3, -0.25) is 4.79 Å². The molecule has 1 heterocycles. The van der Waals surface area contributed by atoms with E-state index in [2.05, 4.69) is 23.4 Å². The summed E-state index contributed by atoms with van der Waals surface area (Å²) in [4.78, 5) is 16.6. The van der Waals surface area contributed by atoms with Crippen molar-refractivity contribution in [2.45, 2.75) is 45.2 Å². The molecule has 1 aliphatic rings. The van der Waals surface area contributed by atoms with Crippen molar-refractivity contribution >= 4 is 17.3 Å². The summed E-state index contributed by atoms with van der Waals surface area (Å²) in [6, 6.07) is 5.04. The van der Waals surface area contributed by atoms with Crippen LogP contribution in [-0.4, -0.2) is 22.7 Å². The van der Waals surface area contributed by atoms with Crippen LogP contribution >= 0.6 is 11.3 Å². The molecule has 4 nitrogen and oxygen atoms in total. The van der Waals surface area contributed by atoms with Crippen molar-refractivity contribution in [3.8, 4) is 10.6 Å². The largest absolute Gasteiger partial charge is 0.489 e. The molecule has 1 N–H and O–H groups in total. The fourth-order valence-corrected chi connectivity index (χ4v) is 4.45. The molecule has 0 amide bonds. The monoisotopic (exact) mass is 449 g/mol. The summed E-state index contributed by atoms with van der Waals surface area (Å²) < 4.78 is 44.2. The molecule has 0 aliphatic heterocycles. The minimum atomic E-state index is -4.36. The van der Waals surface area contributed by atoms with E-state index >= 15 is 0 Å². The van der Waals surface area contributed by atoms with Gasteiger partial charge in [-0.25, -0.2) is 4.98 Å². The number of ether oxygens (including phenoxy) is 1. The number of aromatic nitrogens is 1. The van der Waals surface area contributed by atoms with E-state index < -0.39 is 17.7 Å². The zero-order chi connectivity index (χ0) is 22.4. The molecule has 0 saturated heterocycles. The van der Waals surface area contributed by atoms with Gasteiger partial charge in [-0.15, -0.1) is 11.3 Å². The summed E-state index contributed by atoms with van der Waals surface area (Å²) in [6.45, 7) is 2.42. The Kier molecular flexibility index (Phi) is 7.39. The standard InChI is InChI=1S/C23H22F3NO3S/c1-2-4-20-19(11-12-30-18-6-3-5-15(13-18)14-21(28)29)27-22(31-20)16-7-9-17(10-8-16)23(24,25)26/h5,7-10,15H,2,4,11-14H2,1H3,(H,28,29). The Balaban J connectivity index is 1.66. The molecule has 1 aromatic carbocycles. The van der Waals surface area contributed by atoms with Crippen LogP contribution in [0.2, 0.25) is 0 Å². The summed E-state index contributed by atoms with van der Waals surface area (Å²) in [5.74, 6) is -0.453. The number of aliphatic carboxylic acids is 1. The number of alkyl halides is 3. The van der Waals surface area contributed by atoms with Gasteiger partial charge in [0.15, 0.2) is 0 Å². The van der Waals surface area contributed by atoms with E-state index in [1.165, 1.54) is 23.5 Å². The summed E-state index contributed by atoms with van der Waals surface area (Å²) in [7, 11) is 0. The maximum absolute atomic E-state index is 12.8. The van der Waals surface area contributed by atoms with E-state index in [-0.39, 0.29) is 12.3 Å². The van der Waals surface area contributed by atoms with Crippen molar-refractivity contribution in [1.29, 1.82) is 0 Å². The first kappa shape index (κ1) is 22.9. The lowest BCUT2D eigenvalue weighted by Crippen LogP contribution is -2.10. The minimum absolute atomic E-state index is 0.0186. The molecule has 0 spiro atoms. The van der Waals surface area contributed by atoms with E-state index in [4.69, 9.17) is 9.84 Å². The second-order valence-electron chi connectivity index (χ2n) is 7.23. The number of hydrogen-bond donors (Lipinski definition) is 1. The van der Waals surface area contributed by atoms with Gasteiger partial charge in [0.05, 0.1) is 24.3 Å². The molecule has 1 unspecified atom stereocenters. The first-order valence-corrected chi connectivity index (χ1v) is 10.8. The molecule has 0 saturated carbocycles. The molecular formula is C23H22F3NO3S. The van der Waals surface area contributed by atoms with Gasteiger partial charge in [-0.05, 0) is 30.4 Å². The van der Waals surface area contributed by atoms with Gasteiger partial charge in [-0.2, -0.15) is 13.2 Å². The smallest absolute Gasteiger partial charge is 0.416 e. The third kappa shape index (κ3) is 6.34. The molecule has 31 heavy (non-hydrogen) atoms. The highest BCUT2D eigenvalue weighted by molar-refractivity contribution is 7.15. The zero-order valence-electron chi connectivity index (χ0n) is 17.0. The second kappa shape index (κ2) is 10.0. The van der Waals surface area contributed by atoms with Crippen molar-refractivity contribution in [3.05, 3.63) is 63.7 Å². The number of thiazole rings is 1.